The molecule has 1 fully saturated rings. The summed E-state index contributed by atoms with van der Waals surface area (Å²) in [5.74, 6) is -0.119. The van der Waals surface area contributed by atoms with Crippen molar-refractivity contribution in [2.24, 2.45) is 0 Å². The minimum Gasteiger partial charge on any atom is -0.444 e. The Labute approximate surface area is 180 Å². The van der Waals surface area contributed by atoms with Gasteiger partial charge in [-0.2, -0.15) is 0 Å². The molecule has 0 radical (unpaired) electrons. The monoisotopic (exact) mass is 467 g/mol. The second kappa shape index (κ2) is 10.6. The molecule has 0 bridgehead atoms. The van der Waals surface area contributed by atoms with Gasteiger partial charge in [0.05, 0.1) is 0 Å². The van der Waals surface area contributed by atoms with Crippen molar-refractivity contribution in [3.05, 3.63) is 34.3 Å². The maximum Gasteiger partial charge on any atom is 0.408 e. The molecule has 1 heterocycles. The largest absolute Gasteiger partial charge is 0.444 e. The van der Waals surface area contributed by atoms with Crippen LogP contribution in [0, 0.1) is 0 Å². The number of carbonyl (C=O) groups excluding carboxylic acids is 3. The fourth-order valence-electron chi connectivity index (χ4n) is 3.10. The van der Waals surface area contributed by atoms with Crippen molar-refractivity contribution in [3.63, 3.8) is 0 Å². The number of piperidine rings is 1. The average molecular weight is 468 g/mol. The Morgan fingerprint density at radius 3 is 2.45 bits per heavy atom. The topological polar surface area (TPSA) is 87.7 Å². The molecule has 0 saturated carbocycles. The molecule has 1 aromatic rings. The third-order valence-corrected chi connectivity index (χ3v) is 5.35. The molecule has 7 nitrogen and oxygen atoms in total. The SMILES string of the molecule is CC(C)(C)OC(=O)NCC(=O)N1CCC(NC(=O)CCc2ccccc2Br)CC1. The van der Waals surface area contributed by atoms with Gasteiger partial charge in [-0.1, -0.05) is 34.1 Å². The molecule has 0 aliphatic carbocycles. The van der Waals surface area contributed by atoms with Gasteiger partial charge in [0.15, 0.2) is 0 Å². The minimum atomic E-state index is -0.599. The van der Waals surface area contributed by atoms with Gasteiger partial charge in [0, 0.05) is 30.0 Å². The summed E-state index contributed by atoms with van der Waals surface area (Å²) in [5, 5.41) is 5.55. The highest BCUT2D eigenvalue weighted by Gasteiger charge is 2.24. The highest BCUT2D eigenvalue weighted by Crippen LogP contribution is 2.17. The number of alkyl carbamates (subject to hydrolysis) is 1. The Kier molecular flexibility index (Phi) is 8.49. The molecule has 0 spiro atoms. The number of carbonyl (C=O) groups is 3. The summed E-state index contributed by atoms with van der Waals surface area (Å²) >= 11 is 3.50. The van der Waals surface area contributed by atoms with Crippen molar-refractivity contribution in [3.8, 4) is 0 Å². The lowest BCUT2D eigenvalue weighted by Gasteiger charge is -2.32. The second-order valence-corrected chi connectivity index (χ2v) is 9.02. The first kappa shape index (κ1) is 23.2. The standard InChI is InChI=1S/C21H30BrN3O4/c1-21(2,3)29-20(28)23-14-19(27)25-12-10-16(11-13-25)24-18(26)9-8-15-6-4-5-7-17(15)22/h4-7,16H,8-14H2,1-3H3,(H,23,28)(H,24,26). The Morgan fingerprint density at radius 1 is 1.17 bits per heavy atom. The van der Waals surface area contributed by atoms with Crippen LogP contribution in [0.25, 0.3) is 0 Å². The first-order valence-electron chi connectivity index (χ1n) is 9.91. The molecule has 0 unspecified atom stereocenters. The van der Waals surface area contributed by atoms with Gasteiger partial charge in [0.2, 0.25) is 11.8 Å². The predicted molar refractivity (Wildman–Crippen MR) is 114 cm³/mol. The highest BCUT2D eigenvalue weighted by atomic mass is 79.9. The van der Waals surface area contributed by atoms with Crippen LogP contribution >= 0.6 is 15.9 Å². The predicted octanol–water partition coefficient (Wildman–Crippen LogP) is 3.01. The van der Waals surface area contributed by atoms with Crippen molar-refractivity contribution < 1.29 is 19.1 Å². The van der Waals surface area contributed by atoms with E-state index >= 15 is 0 Å². The third kappa shape index (κ3) is 8.43. The van der Waals surface area contributed by atoms with Crippen LogP contribution in [-0.2, 0) is 20.7 Å². The minimum absolute atomic E-state index is 0.0251. The zero-order valence-electron chi connectivity index (χ0n) is 17.3. The van der Waals surface area contributed by atoms with E-state index in [-0.39, 0.29) is 24.4 Å². The second-order valence-electron chi connectivity index (χ2n) is 8.17. The molecule has 8 heteroatoms. The van der Waals surface area contributed by atoms with Gasteiger partial charge in [-0.25, -0.2) is 4.79 Å². The van der Waals surface area contributed by atoms with E-state index < -0.39 is 11.7 Å². The van der Waals surface area contributed by atoms with Crippen LogP contribution in [0.5, 0.6) is 0 Å². The van der Waals surface area contributed by atoms with Crippen LogP contribution in [0.1, 0.15) is 45.6 Å². The first-order valence-corrected chi connectivity index (χ1v) is 10.7. The normalized spacial score (nSPS) is 15.0. The molecule has 2 rings (SSSR count). The quantitative estimate of drug-likeness (QED) is 0.672. The highest BCUT2D eigenvalue weighted by molar-refractivity contribution is 9.10. The van der Waals surface area contributed by atoms with Crippen LogP contribution in [0.15, 0.2) is 28.7 Å². The van der Waals surface area contributed by atoms with Crippen LogP contribution in [0.2, 0.25) is 0 Å². The Morgan fingerprint density at radius 2 is 1.83 bits per heavy atom. The zero-order chi connectivity index (χ0) is 21.4. The summed E-state index contributed by atoms with van der Waals surface area (Å²) in [6.07, 6.45) is 1.93. The van der Waals surface area contributed by atoms with Gasteiger partial charge < -0.3 is 20.3 Å². The molecular formula is C21H30BrN3O4. The van der Waals surface area contributed by atoms with E-state index in [9.17, 15) is 14.4 Å². The molecule has 1 aliphatic heterocycles. The first-order chi connectivity index (χ1) is 13.6. The molecule has 2 N–H and O–H groups in total. The van der Waals surface area contributed by atoms with E-state index in [1.807, 2.05) is 24.3 Å². The van der Waals surface area contributed by atoms with Crippen LogP contribution in [0.4, 0.5) is 4.79 Å². The maximum absolute atomic E-state index is 12.3. The third-order valence-electron chi connectivity index (χ3n) is 4.57. The summed E-state index contributed by atoms with van der Waals surface area (Å²) in [4.78, 5) is 37.8. The van der Waals surface area contributed by atoms with Crippen LogP contribution < -0.4 is 10.6 Å². The lowest BCUT2D eigenvalue weighted by molar-refractivity contribution is -0.131. The van der Waals surface area contributed by atoms with Crippen molar-refractivity contribution in [2.75, 3.05) is 19.6 Å². The fourth-order valence-corrected chi connectivity index (χ4v) is 3.58. The zero-order valence-corrected chi connectivity index (χ0v) is 18.9. The van der Waals surface area contributed by atoms with Crippen molar-refractivity contribution in [1.29, 1.82) is 0 Å². The van der Waals surface area contributed by atoms with Gasteiger partial charge in [-0.15, -0.1) is 0 Å². The smallest absolute Gasteiger partial charge is 0.408 e. The lowest BCUT2D eigenvalue weighted by Crippen LogP contribution is -2.49. The van der Waals surface area contributed by atoms with Crippen LogP contribution in [0.3, 0.4) is 0 Å². The van der Waals surface area contributed by atoms with E-state index in [1.54, 1.807) is 25.7 Å². The number of hydrogen-bond acceptors (Lipinski definition) is 4. The molecule has 29 heavy (non-hydrogen) atoms. The summed E-state index contributed by atoms with van der Waals surface area (Å²) in [6.45, 7) is 6.34. The van der Waals surface area contributed by atoms with E-state index in [0.717, 1.165) is 10.0 Å². The number of benzene rings is 1. The Balaban J connectivity index is 1.66. The summed E-state index contributed by atoms with van der Waals surface area (Å²) in [5.41, 5.74) is 0.515. The van der Waals surface area contributed by atoms with Gasteiger partial charge >= 0.3 is 6.09 Å². The molecule has 1 aliphatic rings. The van der Waals surface area contributed by atoms with Gasteiger partial charge in [-0.3, -0.25) is 9.59 Å². The van der Waals surface area contributed by atoms with Crippen molar-refractivity contribution in [1.82, 2.24) is 15.5 Å². The van der Waals surface area contributed by atoms with Crippen molar-refractivity contribution in [2.45, 2.75) is 58.1 Å². The van der Waals surface area contributed by atoms with Gasteiger partial charge in [-0.05, 0) is 51.7 Å². The molecule has 160 valence electrons. The average Bonchev–Trinajstić information content (AvgIpc) is 2.65. The Bertz CT molecular complexity index is 725. The molecule has 1 aromatic carbocycles. The van der Waals surface area contributed by atoms with Crippen molar-refractivity contribution >= 4 is 33.8 Å². The maximum atomic E-state index is 12.3. The number of likely N-dealkylation sites (tertiary alicyclic amines) is 1. The number of nitrogens with one attached hydrogen (secondary N) is 2. The number of ether oxygens (including phenoxy) is 1. The Hall–Kier alpha value is -2.09. The van der Waals surface area contributed by atoms with E-state index in [4.69, 9.17) is 4.74 Å². The summed E-state index contributed by atoms with van der Waals surface area (Å²) < 4.78 is 6.14. The number of halogens is 1. The van der Waals surface area contributed by atoms with E-state index in [0.29, 0.717) is 38.8 Å². The lowest BCUT2D eigenvalue weighted by atomic mass is 10.0. The van der Waals surface area contributed by atoms with Gasteiger partial charge in [0.25, 0.3) is 0 Å². The molecule has 0 atom stereocenters. The number of aryl methyl sites for hydroxylation is 1. The number of hydrogen-bond donors (Lipinski definition) is 2. The number of amides is 3. The molecule has 3 amide bonds. The van der Waals surface area contributed by atoms with Crippen LogP contribution in [-0.4, -0.2) is 54.1 Å². The summed E-state index contributed by atoms with van der Waals surface area (Å²) in [7, 11) is 0. The van der Waals surface area contributed by atoms with E-state index in [1.165, 1.54) is 0 Å². The molecule has 1 saturated heterocycles. The molecular weight excluding hydrogens is 438 g/mol. The number of rotatable bonds is 6. The fraction of sp³-hybridized carbons (Fsp3) is 0.571. The number of nitrogens with zero attached hydrogens (tertiary/aromatic N) is 1. The van der Waals surface area contributed by atoms with E-state index in [2.05, 4.69) is 26.6 Å². The summed E-state index contributed by atoms with van der Waals surface area (Å²) in [6, 6.07) is 7.96. The van der Waals surface area contributed by atoms with Gasteiger partial charge in [0.1, 0.15) is 12.1 Å². The molecule has 0 aromatic heterocycles.